The molecule has 3 rings (SSSR count). The van der Waals surface area contributed by atoms with Crippen molar-refractivity contribution >= 4 is 34.0 Å². The number of nitrogens with zero attached hydrogens (tertiary/aromatic N) is 1. The summed E-state index contributed by atoms with van der Waals surface area (Å²) < 4.78 is 0. The monoisotopic (exact) mass is 333 g/mol. The fraction of sp³-hybridized carbons (Fsp3) is 0.150. The molecule has 1 aromatic heterocycles. The summed E-state index contributed by atoms with van der Waals surface area (Å²) in [6, 6.07) is 14.9. The first kappa shape index (κ1) is 16.6. The number of aryl methyl sites for hydroxylation is 1. The molecule has 0 unspecified atom stereocenters. The van der Waals surface area contributed by atoms with E-state index in [1.165, 1.54) is 0 Å². The molecule has 0 bridgehead atoms. The number of hydrogen-bond acceptors (Lipinski definition) is 3. The van der Waals surface area contributed by atoms with Gasteiger partial charge in [0.1, 0.15) is 5.69 Å². The fourth-order valence-electron chi connectivity index (χ4n) is 2.61. The van der Waals surface area contributed by atoms with Gasteiger partial charge in [-0.3, -0.25) is 14.6 Å². The molecule has 0 aliphatic heterocycles. The second-order valence-corrected chi connectivity index (χ2v) is 5.77. The van der Waals surface area contributed by atoms with Gasteiger partial charge < -0.3 is 10.6 Å². The first-order chi connectivity index (χ1) is 12.1. The number of benzene rings is 2. The number of aromatic nitrogens is 1. The molecule has 5 heteroatoms. The Morgan fingerprint density at radius 1 is 1.04 bits per heavy atom. The van der Waals surface area contributed by atoms with Crippen molar-refractivity contribution in [3.8, 4) is 0 Å². The van der Waals surface area contributed by atoms with E-state index < -0.39 is 0 Å². The molecule has 0 atom stereocenters. The predicted molar refractivity (Wildman–Crippen MR) is 99.8 cm³/mol. The van der Waals surface area contributed by atoms with Crippen molar-refractivity contribution in [2.75, 3.05) is 10.6 Å². The maximum absolute atomic E-state index is 12.6. The number of carbonyl (C=O) groups is 2. The highest BCUT2D eigenvalue weighted by Gasteiger charge is 2.12. The van der Waals surface area contributed by atoms with Crippen LogP contribution < -0.4 is 10.6 Å². The van der Waals surface area contributed by atoms with Crippen molar-refractivity contribution in [2.45, 2.75) is 20.3 Å². The summed E-state index contributed by atoms with van der Waals surface area (Å²) in [5, 5.41) is 7.48. The summed E-state index contributed by atoms with van der Waals surface area (Å²) in [7, 11) is 0. The number of pyridine rings is 1. The summed E-state index contributed by atoms with van der Waals surface area (Å²) in [6.45, 7) is 3.69. The van der Waals surface area contributed by atoms with Gasteiger partial charge >= 0.3 is 0 Å². The van der Waals surface area contributed by atoms with Crippen LogP contribution in [0.15, 0.2) is 54.7 Å². The minimum Gasteiger partial charge on any atom is -0.326 e. The van der Waals surface area contributed by atoms with E-state index in [0.29, 0.717) is 17.8 Å². The number of carbonyl (C=O) groups excluding carboxylic acids is 2. The zero-order valence-electron chi connectivity index (χ0n) is 14.2. The van der Waals surface area contributed by atoms with Crippen molar-refractivity contribution in [1.82, 2.24) is 4.98 Å². The van der Waals surface area contributed by atoms with Gasteiger partial charge in [-0.15, -0.1) is 0 Å². The van der Waals surface area contributed by atoms with Crippen LogP contribution in [0.3, 0.4) is 0 Å². The zero-order chi connectivity index (χ0) is 17.8. The van der Waals surface area contributed by atoms with Crippen LogP contribution in [0.2, 0.25) is 0 Å². The van der Waals surface area contributed by atoms with Crippen molar-refractivity contribution in [3.05, 3.63) is 66.0 Å². The van der Waals surface area contributed by atoms with E-state index in [1.54, 1.807) is 25.3 Å². The van der Waals surface area contributed by atoms with E-state index in [0.717, 1.165) is 22.0 Å². The number of anilines is 2. The van der Waals surface area contributed by atoms with Crippen molar-refractivity contribution in [3.63, 3.8) is 0 Å². The number of hydrogen-bond donors (Lipinski definition) is 2. The molecule has 0 radical (unpaired) electrons. The lowest BCUT2D eigenvalue weighted by Gasteiger charge is -2.11. The molecule has 0 aliphatic carbocycles. The van der Waals surface area contributed by atoms with Crippen molar-refractivity contribution < 1.29 is 9.59 Å². The van der Waals surface area contributed by atoms with Gasteiger partial charge in [0.2, 0.25) is 5.91 Å². The van der Waals surface area contributed by atoms with Gasteiger partial charge in [0.05, 0.1) is 0 Å². The number of rotatable bonds is 4. The smallest absolute Gasteiger partial charge is 0.274 e. The second-order valence-electron chi connectivity index (χ2n) is 5.77. The molecule has 0 spiro atoms. The lowest BCUT2D eigenvalue weighted by atomic mass is 10.1. The average molecular weight is 333 g/mol. The van der Waals surface area contributed by atoms with Crippen LogP contribution in [0.5, 0.6) is 0 Å². The van der Waals surface area contributed by atoms with Crippen LogP contribution >= 0.6 is 0 Å². The molecule has 0 fully saturated rings. The lowest BCUT2D eigenvalue weighted by Crippen LogP contribution is -2.15. The molecule has 2 aromatic carbocycles. The number of fused-ring (bicyclic) bond motifs is 1. The van der Waals surface area contributed by atoms with Crippen LogP contribution in [-0.2, 0) is 4.79 Å². The van der Waals surface area contributed by atoms with E-state index in [-0.39, 0.29) is 11.8 Å². The number of amides is 2. The fourth-order valence-corrected chi connectivity index (χ4v) is 2.61. The lowest BCUT2D eigenvalue weighted by molar-refractivity contribution is -0.115. The van der Waals surface area contributed by atoms with Crippen molar-refractivity contribution in [1.29, 1.82) is 0 Å². The molecule has 0 saturated carbocycles. The van der Waals surface area contributed by atoms with Gasteiger partial charge in [-0.05, 0) is 42.1 Å². The molecule has 126 valence electrons. The number of nitrogens with one attached hydrogen (secondary N) is 2. The van der Waals surface area contributed by atoms with E-state index in [4.69, 9.17) is 0 Å². The standard InChI is InChI=1S/C20H19N3O2/c1-3-18(24)23-17-9-8-15(12-13(17)2)22-20(25)19-16-7-5-4-6-14(16)10-11-21-19/h4-12H,3H2,1-2H3,(H,22,25)(H,23,24). The quantitative estimate of drug-likeness (QED) is 0.753. The van der Waals surface area contributed by atoms with Crippen LogP contribution in [0.25, 0.3) is 10.8 Å². The molecule has 3 aromatic rings. The predicted octanol–water partition coefficient (Wildman–Crippen LogP) is 4.14. The third-order valence-corrected chi connectivity index (χ3v) is 3.97. The summed E-state index contributed by atoms with van der Waals surface area (Å²) in [5.74, 6) is -0.304. The minimum absolute atomic E-state index is 0.0418. The Kier molecular flexibility index (Phi) is 4.75. The highest BCUT2D eigenvalue weighted by Crippen LogP contribution is 2.22. The largest absolute Gasteiger partial charge is 0.326 e. The Bertz CT molecular complexity index is 945. The SMILES string of the molecule is CCC(=O)Nc1ccc(NC(=O)c2nccc3ccccc23)cc1C. The Labute approximate surface area is 146 Å². The highest BCUT2D eigenvalue weighted by molar-refractivity contribution is 6.11. The van der Waals surface area contributed by atoms with Gasteiger partial charge in [-0.2, -0.15) is 0 Å². The van der Waals surface area contributed by atoms with Crippen LogP contribution in [0.1, 0.15) is 29.4 Å². The van der Waals surface area contributed by atoms with Crippen LogP contribution in [-0.4, -0.2) is 16.8 Å². The third-order valence-electron chi connectivity index (χ3n) is 3.97. The maximum Gasteiger partial charge on any atom is 0.274 e. The Morgan fingerprint density at radius 3 is 2.60 bits per heavy atom. The van der Waals surface area contributed by atoms with Gasteiger partial charge in [0.25, 0.3) is 5.91 Å². The molecule has 2 N–H and O–H groups in total. The van der Waals surface area contributed by atoms with Crippen LogP contribution in [0.4, 0.5) is 11.4 Å². The van der Waals surface area contributed by atoms with Crippen LogP contribution in [0, 0.1) is 6.92 Å². The zero-order valence-corrected chi connectivity index (χ0v) is 14.2. The summed E-state index contributed by atoms with van der Waals surface area (Å²) in [5.41, 5.74) is 2.67. The highest BCUT2D eigenvalue weighted by atomic mass is 16.2. The van der Waals surface area contributed by atoms with Gasteiger partial charge in [0.15, 0.2) is 0 Å². The van der Waals surface area contributed by atoms with E-state index in [1.807, 2.05) is 43.3 Å². The first-order valence-electron chi connectivity index (χ1n) is 8.14. The molecule has 1 heterocycles. The molecule has 25 heavy (non-hydrogen) atoms. The Hall–Kier alpha value is -3.21. The topological polar surface area (TPSA) is 71.1 Å². The van der Waals surface area contributed by atoms with Gasteiger partial charge in [-0.1, -0.05) is 31.2 Å². The maximum atomic E-state index is 12.6. The van der Waals surface area contributed by atoms with E-state index in [2.05, 4.69) is 15.6 Å². The molecule has 0 saturated heterocycles. The average Bonchev–Trinajstić information content (AvgIpc) is 2.63. The van der Waals surface area contributed by atoms with Crippen molar-refractivity contribution in [2.24, 2.45) is 0 Å². The Balaban J connectivity index is 1.83. The third kappa shape index (κ3) is 3.66. The normalized spacial score (nSPS) is 10.5. The van der Waals surface area contributed by atoms with E-state index in [9.17, 15) is 9.59 Å². The molecule has 0 aliphatic rings. The summed E-state index contributed by atoms with van der Waals surface area (Å²) in [6.07, 6.45) is 2.05. The summed E-state index contributed by atoms with van der Waals surface area (Å²) >= 11 is 0. The second kappa shape index (κ2) is 7.13. The van der Waals surface area contributed by atoms with E-state index >= 15 is 0 Å². The molecular weight excluding hydrogens is 314 g/mol. The molecular formula is C20H19N3O2. The summed E-state index contributed by atoms with van der Waals surface area (Å²) in [4.78, 5) is 28.3. The molecule has 5 nitrogen and oxygen atoms in total. The van der Waals surface area contributed by atoms with Gasteiger partial charge in [0, 0.05) is 29.4 Å². The van der Waals surface area contributed by atoms with Gasteiger partial charge in [-0.25, -0.2) is 0 Å². The first-order valence-corrected chi connectivity index (χ1v) is 8.14. The Morgan fingerprint density at radius 2 is 1.84 bits per heavy atom. The minimum atomic E-state index is -0.262. The molecule has 2 amide bonds.